The predicted molar refractivity (Wildman–Crippen MR) is 82.8 cm³/mol. The van der Waals surface area contributed by atoms with Gasteiger partial charge in [-0.1, -0.05) is 12.1 Å². The molecule has 0 N–H and O–H groups in total. The maximum absolute atomic E-state index is 12.2. The molecule has 0 aliphatic heterocycles. The van der Waals surface area contributed by atoms with Crippen LogP contribution in [-0.4, -0.2) is 9.38 Å². The number of fused-ring (bicyclic) bond motifs is 1. The second-order valence-corrected chi connectivity index (χ2v) is 5.99. The first-order valence-electron chi connectivity index (χ1n) is 6.53. The van der Waals surface area contributed by atoms with Gasteiger partial charge < -0.3 is 0 Å². The molecule has 0 amide bonds. The van der Waals surface area contributed by atoms with Crippen molar-refractivity contribution >= 4 is 16.3 Å². The number of hydrogen-bond acceptors (Lipinski definition) is 5. The van der Waals surface area contributed by atoms with Crippen LogP contribution in [0, 0.1) is 29.6 Å². The highest BCUT2D eigenvalue weighted by molar-refractivity contribution is 7.17. The van der Waals surface area contributed by atoms with Crippen LogP contribution in [-0.2, 0) is 6.42 Å². The molecule has 0 unspecified atom stereocenters. The summed E-state index contributed by atoms with van der Waals surface area (Å²) in [5, 5.41) is 18.1. The van der Waals surface area contributed by atoms with Gasteiger partial charge in [0.1, 0.15) is 11.8 Å². The maximum Gasteiger partial charge on any atom is 0.259 e. The fraction of sp³-hybridized carbons (Fsp3) is 0.125. The average molecular weight is 306 g/mol. The minimum absolute atomic E-state index is 0.252. The molecular formula is C16H10N4OS. The van der Waals surface area contributed by atoms with E-state index in [1.165, 1.54) is 21.8 Å². The molecule has 0 fully saturated rings. The van der Waals surface area contributed by atoms with Gasteiger partial charge in [0, 0.05) is 17.4 Å². The largest absolute Gasteiger partial charge is 0.269 e. The Bertz CT molecular complexity index is 1020. The lowest BCUT2D eigenvalue weighted by molar-refractivity contribution is 0.988. The van der Waals surface area contributed by atoms with Crippen LogP contribution in [0.15, 0.2) is 35.1 Å². The number of rotatable bonds is 2. The summed E-state index contributed by atoms with van der Waals surface area (Å²) in [5.41, 5.74) is 2.22. The molecule has 106 valence electrons. The van der Waals surface area contributed by atoms with E-state index in [1.807, 2.05) is 18.2 Å². The summed E-state index contributed by atoms with van der Waals surface area (Å²) in [6.45, 7) is 1.80. The minimum Gasteiger partial charge on any atom is -0.269 e. The van der Waals surface area contributed by atoms with Gasteiger partial charge in [0.15, 0.2) is 4.96 Å². The first-order valence-corrected chi connectivity index (χ1v) is 7.35. The van der Waals surface area contributed by atoms with Crippen LogP contribution in [0.1, 0.15) is 27.4 Å². The van der Waals surface area contributed by atoms with E-state index in [0.29, 0.717) is 28.3 Å². The van der Waals surface area contributed by atoms with Crippen molar-refractivity contribution in [2.75, 3.05) is 0 Å². The molecule has 0 aliphatic rings. The normalized spacial score (nSPS) is 10.3. The van der Waals surface area contributed by atoms with Gasteiger partial charge in [-0.2, -0.15) is 10.5 Å². The summed E-state index contributed by atoms with van der Waals surface area (Å²) in [5.74, 6) is 0. The fourth-order valence-electron chi connectivity index (χ4n) is 2.30. The van der Waals surface area contributed by atoms with Gasteiger partial charge >= 0.3 is 0 Å². The van der Waals surface area contributed by atoms with E-state index in [4.69, 9.17) is 10.5 Å². The van der Waals surface area contributed by atoms with Crippen LogP contribution in [0.3, 0.4) is 0 Å². The lowest BCUT2D eigenvalue weighted by Gasteiger charge is -2.02. The Morgan fingerprint density at radius 2 is 2.09 bits per heavy atom. The number of nitrogens with zero attached hydrogens (tertiary/aromatic N) is 4. The maximum atomic E-state index is 12.2. The Hall–Kier alpha value is -2.96. The standard InChI is InChI=1S/C16H10N4OS/c1-10-14(9-18)20-15(21)7-13(19-16(20)22-10)6-11-3-2-4-12(5-11)8-17/h2-5,7H,6H2,1H3. The molecule has 22 heavy (non-hydrogen) atoms. The SMILES string of the molecule is Cc1sc2nc(Cc3cccc(C#N)c3)cc(=O)n2c1C#N. The highest BCUT2D eigenvalue weighted by Gasteiger charge is 2.12. The highest BCUT2D eigenvalue weighted by Crippen LogP contribution is 2.19. The van der Waals surface area contributed by atoms with E-state index in [-0.39, 0.29) is 5.56 Å². The van der Waals surface area contributed by atoms with Gasteiger partial charge in [-0.3, -0.25) is 4.79 Å². The summed E-state index contributed by atoms with van der Waals surface area (Å²) < 4.78 is 1.34. The van der Waals surface area contributed by atoms with Crippen molar-refractivity contribution in [3.63, 3.8) is 0 Å². The van der Waals surface area contributed by atoms with Crippen LogP contribution in [0.2, 0.25) is 0 Å². The smallest absolute Gasteiger partial charge is 0.259 e. The number of aryl methyl sites for hydroxylation is 1. The van der Waals surface area contributed by atoms with Crippen molar-refractivity contribution in [1.29, 1.82) is 10.5 Å². The van der Waals surface area contributed by atoms with Crippen molar-refractivity contribution in [2.24, 2.45) is 0 Å². The third-order valence-electron chi connectivity index (χ3n) is 3.29. The van der Waals surface area contributed by atoms with Gasteiger partial charge in [0.05, 0.1) is 17.3 Å². The summed E-state index contributed by atoms with van der Waals surface area (Å²) in [6.07, 6.45) is 0.472. The Kier molecular flexibility index (Phi) is 3.46. The van der Waals surface area contributed by atoms with Crippen LogP contribution in [0.25, 0.3) is 4.96 Å². The predicted octanol–water partition coefficient (Wildman–Crippen LogP) is 2.40. The minimum atomic E-state index is -0.252. The van der Waals surface area contributed by atoms with Gasteiger partial charge in [-0.25, -0.2) is 9.38 Å². The second kappa shape index (κ2) is 5.44. The average Bonchev–Trinajstić information content (AvgIpc) is 2.83. The zero-order chi connectivity index (χ0) is 15.7. The zero-order valence-electron chi connectivity index (χ0n) is 11.7. The molecule has 1 aromatic carbocycles. The molecule has 0 atom stereocenters. The molecule has 0 spiro atoms. The van der Waals surface area contributed by atoms with E-state index in [9.17, 15) is 4.79 Å². The molecule has 3 aromatic rings. The second-order valence-electron chi connectivity index (χ2n) is 4.81. The molecule has 0 radical (unpaired) electrons. The first-order chi connectivity index (χ1) is 10.6. The van der Waals surface area contributed by atoms with Gasteiger partial charge in [0.2, 0.25) is 0 Å². The monoisotopic (exact) mass is 306 g/mol. The van der Waals surface area contributed by atoms with E-state index < -0.39 is 0 Å². The molecule has 0 saturated heterocycles. The Labute approximate surface area is 130 Å². The summed E-state index contributed by atoms with van der Waals surface area (Å²) >= 11 is 1.33. The van der Waals surface area contributed by atoms with E-state index in [1.54, 1.807) is 19.1 Å². The number of thiazole rings is 1. The number of hydrogen-bond donors (Lipinski definition) is 0. The summed E-state index contributed by atoms with van der Waals surface area (Å²) in [4.78, 5) is 18.0. The molecular weight excluding hydrogens is 296 g/mol. The molecule has 2 heterocycles. The fourth-order valence-corrected chi connectivity index (χ4v) is 3.25. The van der Waals surface area contributed by atoms with E-state index in [2.05, 4.69) is 11.1 Å². The van der Waals surface area contributed by atoms with Crippen molar-refractivity contribution in [3.8, 4) is 12.1 Å². The first kappa shape index (κ1) is 14.0. The lowest BCUT2D eigenvalue weighted by atomic mass is 10.1. The zero-order valence-corrected chi connectivity index (χ0v) is 12.5. The number of benzene rings is 1. The van der Waals surface area contributed by atoms with Crippen molar-refractivity contribution in [2.45, 2.75) is 13.3 Å². The van der Waals surface area contributed by atoms with Crippen LogP contribution in [0.4, 0.5) is 0 Å². The Morgan fingerprint density at radius 3 is 2.82 bits per heavy atom. The number of nitriles is 2. The molecule has 5 nitrogen and oxygen atoms in total. The molecule has 0 aliphatic carbocycles. The van der Waals surface area contributed by atoms with E-state index >= 15 is 0 Å². The third kappa shape index (κ3) is 2.37. The van der Waals surface area contributed by atoms with Crippen LogP contribution in [0.5, 0.6) is 0 Å². The lowest BCUT2D eigenvalue weighted by Crippen LogP contribution is -2.15. The van der Waals surface area contributed by atoms with Gasteiger partial charge in [0.25, 0.3) is 5.56 Å². The van der Waals surface area contributed by atoms with Crippen LogP contribution < -0.4 is 5.56 Å². The van der Waals surface area contributed by atoms with Crippen molar-refractivity contribution in [3.05, 3.63) is 68.1 Å². The summed E-state index contributed by atoms with van der Waals surface area (Å²) in [6, 6.07) is 12.8. The van der Waals surface area contributed by atoms with Crippen LogP contribution >= 0.6 is 11.3 Å². The quantitative estimate of drug-likeness (QED) is 0.728. The Morgan fingerprint density at radius 1 is 1.27 bits per heavy atom. The molecule has 3 rings (SSSR count). The van der Waals surface area contributed by atoms with Crippen molar-refractivity contribution < 1.29 is 0 Å². The molecule has 2 aromatic heterocycles. The molecule has 0 saturated carbocycles. The van der Waals surface area contributed by atoms with Gasteiger partial charge in [-0.15, -0.1) is 11.3 Å². The molecule has 6 heteroatoms. The Balaban J connectivity index is 2.08. The third-order valence-corrected chi connectivity index (χ3v) is 4.25. The molecule has 0 bridgehead atoms. The van der Waals surface area contributed by atoms with Gasteiger partial charge in [-0.05, 0) is 24.6 Å². The summed E-state index contributed by atoms with van der Waals surface area (Å²) in [7, 11) is 0. The van der Waals surface area contributed by atoms with Crippen molar-refractivity contribution in [1.82, 2.24) is 9.38 Å². The number of aromatic nitrogens is 2. The topological polar surface area (TPSA) is 81.9 Å². The highest BCUT2D eigenvalue weighted by atomic mass is 32.1. The van der Waals surface area contributed by atoms with E-state index in [0.717, 1.165) is 10.4 Å².